The minimum Gasteiger partial charge on any atom is -0.452 e. The molecule has 0 saturated carbocycles. The Labute approximate surface area is 136 Å². The van der Waals surface area contributed by atoms with E-state index in [4.69, 9.17) is 4.74 Å². The van der Waals surface area contributed by atoms with Gasteiger partial charge in [0.15, 0.2) is 6.61 Å². The van der Waals surface area contributed by atoms with Gasteiger partial charge in [0, 0.05) is 5.69 Å². The monoisotopic (exact) mass is 311 g/mol. The minimum absolute atomic E-state index is 0.306. The lowest BCUT2D eigenvalue weighted by atomic mass is 10.1. The lowest BCUT2D eigenvalue weighted by molar-refractivity contribution is -0.119. The maximum absolute atomic E-state index is 12.0. The van der Waals surface area contributed by atoms with Gasteiger partial charge in [-0.05, 0) is 57.0 Å². The topological polar surface area (TPSA) is 55.4 Å². The number of carbonyl (C=O) groups excluding carboxylic acids is 2. The lowest BCUT2D eigenvalue weighted by Crippen LogP contribution is -2.21. The third kappa shape index (κ3) is 4.42. The van der Waals surface area contributed by atoms with Gasteiger partial charge in [-0.1, -0.05) is 29.3 Å². The van der Waals surface area contributed by atoms with E-state index in [0.29, 0.717) is 5.56 Å². The molecular formula is C19H21NO3. The van der Waals surface area contributed by atoms with E-state index < -0.39 is 5.97 Å². The Morgan fingerprint density at radius 2 is 1.65 bits per heavy atom. The molecule has 2 rings (SSSR count). The highest BCUT2D eigenvalue weighted by Crippen LogP contribution is 2.17. The van der Waals surface area contributed by atoms with Crippen LogP contribution in [0.5, 0.6) is 0 Å². The first-order chi connectivity index (χ1) is 10.9. The van der Waals surface area contributed by atoms with Crippen molar-refractivity contribution in [1.82, 2.24) is 0 Å². The number of benzene rings is 2. The number of aryl methyl sites for hydroxylation is 3. The van der Waals surface area contributed by atoms with Crippen molar-refractivity contribution >= 4 is 17.6 Å². The molecule has 0 fully saturated rings. The molecule has 1 N–H and O–H groups in total. The molecule has 0 heterocycles. The van der Waals surface area contributed by atoms with Crippen LogP contribution in [0.2, 0.25) is 0 Å². The number of nitrogens with one attached hydrogen (secondary N) is 1. The van der Waals surface area contributed by atoms with Gasteiger partial charge in [-0.2, -0.15) is 0 Å². The van der Waals surface area contributed by atoms with E-state index in [1.807, 2.05) is 52.0 Å². The summed E-state index contributed by atoms with van der Waals surface area (Å²) in [5.74, 6) is -0.843. The van der Waals surface area contributed by atoms with E-state index in [1.165, 1.54) is 0 Å². The molecule has 0 aliphatic heterocycles. The zero-order valence-corrected chi connectivity index (χ0v) is 13.9. The van der Waals surface area contributed by atoms with Crippen molar-refractivity contribution in [2.24, 2.45) is 0 Å². The van der Waals surface area contributed by atoms with Crippen LogP contribution < -0.4 is 5.32 Å². The second-order valence-electron chi connectivity index (χ2n) is 5.75. The Bertz CT molecular complexity index is 730. The Morgan fingerprint density at radius 1 is 1.00 bits per heavy atom. The van der Waals surface area contributed by atoms with E-state index in [2.05, 4.69) is 5.32 Å². The summed E-state index contributed by atoms with van der Waals surface area (Å²) < 4.78 is 5.09. The van der Waals surface area contributed by atoms with Crippen molar-refractivity contribution in [2.45, 2.75) is 27.7 Å². The van der Waals surface area contributed by atoms with E-state index in [0.717, 1.165) is 27.9 Å². The van der Waals surface area contributed by atoms with Gasteiger partial charge >= 0.3 is 5.97 Å². The number of esters is 1. The first-order valence-corrected chi connectivity index (χ1v) is 7.48. The van der Waals surface area contributed by atoms with E-state index in [9.17, 15) is 9.59 Å². The Morgan fingerprint density at radius 3 is 2.30 bits per heavy atom. The predicted octanol–water partition coefficient (Wildman–Crippen LogP) is 3.72. The van der Waals surface area contributed by atoms with Crippen LogP contribution in [0.25, 0.3) is 0 Å². The van der Waals surface area contributed by atoms with Gasteiger partial charge < -0.3 is 10.1 Å². The van der Waals surface area contributed by atoms with Gasteiger partial charge in [0.25, 0.3) is 5.91 Å². The quantitative estimate of drug-likeness (QED) is 0.876. The second-order valence-corrected chi connectivity index (χ2v) is 5.75. The molecule has 4 nitrogen and oxygen atoms in total. The van der Waals surface area contributed by atoms with Crippen molar-refractivity contribution < 1.29 is 14.3 Å². The van der Waals surface area contributed by atoms with E-state index >= 15 is 0 Å². The van der Waals surface area contributed by atoms with Crippen molar-refractivity contribution in [3.05, 3.63) is 64.2 Å². The van der Waals surface area contributed by atoms with Crippen LogP contribution >= 0.6 is 0 Å². The van der Waals surface area contributed by atoms with Gasteiger partial charge in [-0.15, -0.1) is 0 Å². The number of rotatable bonds is 4. The van der Waals surface area contributed by atoms with Crippen molar-refractivity contribution in [2.75, 3.05) is 11.9 Å². The first kappa shape index (κ1) is 16.7. The Hall–Kier alpha value is -2.62. The van der Waals surface area contributed by atoms with Crippen LogP contribution in [0.3, 0.4) is 0 Å². The molecule has 23 heavy (non-hydrogen) atoms. The fourth-order valence-corrected chi connectivity index (χ4v) is 2.38. The molecule has 0 spiro atoms. The molecule has 0 unspecified atom stereocenters. The minimum atomic E-state index is -0.493. The largest absolute Gasteiger partial charge is 0.452 e. The average Bonchev–Trinajstić information content (AvgIpc) is 2.48. The molecule has 0 aromatic heterocycles. The number of hydrogen-bond acceptors (Lipinski definition) is 3. The fraction of sp³-hybridized carbons (Fsp3) is 0.263. The average molecular weight is 311 g/mol. The van der Waals surface area contributed by atoms with E-state index in [-0.39, 0.29) is 12.5 Å². The fourth-order valence-electron chi connectivity index (χ4n) is 2.38. The van der Waals surface area contributed by atoms with Crippen LogP contribution in [0, 0.1) is 27.7 Å². The summed E-state index contributed by atoms with van der Waals surface area (Å²) in [5.41, 5.74) is 5.25. The molecule has 120 valence electrons. The summed E-state index contributed by atoms with van der Waals surface area (Å²) in [4.78, 5) is 24.0. The molecule has 2 aromatic carbocycles. The normalized spacial score (nSPS) is 10.3. The second kappa shape index (κ2) is 7.09. The summed E-state index contributed by atoms with van der Waals surface area (Å²) in [6, 6.07) is 11.1. The third-order valence-corrected chi connectivity index (χ3v) is 3.67. The van der Waals surface area contributed by atoms with Gasteiger partial charge in [-0.25, -0.2) is 4.79 Å². The van der Waals surface area contributed by atoms with Crippen LogP contribution in [0.4, 0.5) is 5.69 Å². The van der Waals surface area contributed by atoms with Gasteiger partial charge in [-0.3, -0.25) is 4.79 Å². The summed E-state index contributed by atoms with van der Waals surface area (Å²) >= 11 is 0. The lowest BCUT2D eigenvalue weighted by Gasteiger charge is -2.11. The van der Waals surface area contributed by atoms with Gasteiger partial charge in [0.1, 0.15) is 0 Å². The Kier molecular flexibility index (Phi) is 5.16. The standard InChI is InChI=1S/C19H21NO3/c1-12-8-13(2)10-16(9-12)19(22)23-11-18(21)20-17-7-5-6-14(3)15(17)4/h5-10H,11H2,1-4H3,(H,20,21). The van der Waals surface area contributed by atoms with Crippen molar-refractivity contribution in [3.63, 3.8) is 0 Å². The number of ether oxygens (including phenoxy) is 1. The molecule has 0 saturated heterocycles. The molecule has 0 radical (unpaired) electrons. The van der Waals surface area contributed by atoms with Crippen LogP contribution in [-0.2, 0) is 9.53 Å². The molecule has 4 heteroatoms. The van der Waals surface area contributed by atoms with E-state index in [1.54, 1.807) is 12.1 Å². The number of anilines is 1. The molecular weight excluding hydrogens is 290 g/mol. The smallest absolute Gasteiger partial charge is 0.338 e. The molecule has 0 aliphatic rings. The SMILES string of the molecule is Cc1cc(C)cc(C(=O)OCC(=O)Nc2cccc(C)c2C)c1. The summed E-state index contributed by atoms with van der Waals surface area (Å²) in [7, 11) is 0. The zero-order valence-electron chi connectivity index (χ0n) is 13.9. The van der Waals surface area contributed by atoms with Crippen LogP contribution in [0.1, 0.15) is 32.6 Å². The molecule has 0 bridgehead atoms. The molecule has 0 atom stereocenters. The molecule has 1 amide bonds. The summed E-state index contributed by atoms with van der Waals surface area (Å²) in [6.07, 6.45) is 0. The molecule has 2 aromatic rings. The zero-order chi connectivity index (χ0) is 17.0. The number of amides is 1. The highest BCUT2D eigenvalue weighted by Gasteiger charge is 2.12. The molecule has 0 aliphatic carbocycles. The Balaban J connectivity index is 1.96. The van der Waals surface area contributed by atoms with Crippen molar-refractivity contribution in [3.8, 4) is 0 Å². The van der Waals surface area contributed by atoms with Gasteiger partial charge in [0.05, 0.1) is 5.56 Å². The summed E-state index contributed by atoms with van der Waals surface area (Å²) in [5, 5.41) is 2.76. The maximum atomic E-state index is 12.0. The van der Waals surface area contributed by atoms with Crippen LogP contribution in [0.15, 0.2) is 36.4 Å². The number of hydrogen-bond donors (Lipinski definition) is 1. The highest BCUT2D eigenvalue weighted by atomic mass is 16.5. The maximum Gasteiger partial charge on any atom is 0.338 e. The van der Waals surface area contributed by atoms with Crippen molar-refractivity contribution in [1.29, 1.82) is 0 Å². The van der Waals surface area contributed by atoms with Crippen LogP contribution in [-0.4, -0.2) is 18.5 Å². The first-order valence-electron chi connectivity index (χ1n) is 7.48. The predicted molar refractivity (Wildman–Crippen MR) is 90.7 cm³/mol. The third-order valence-electron chi connectivity index (χ3n) is 3.67. The highest BCUT2D eigenvalue weighted by molar-refractivity contribution is 5.96. The number of carbonyl (C=O) groups is 2. The van der Waals surface area contributed by atoms with Gasteiger partial charge in [0.2, 0.25) is 0 Å². The summed E-state index contributed by atoms with van der Waals surface area (Å²) in [6.45, 7) is 7.44.